The van der Waals surface area contributed by atoms with Crippen LogP contribution in [0.3, 0.4) is 0 Å². The first kappa shape index (κ1) is 31.2. The fraction of sp³-hybridized carbons (Fsp3) is 0.345. The van der Waals surface area contributed by atoms with Gasteiger partial charge in [0.2, 0.25) is 16.0 Å². The van der Waals surface area contributed by atoms with Gasteiger partial charge in [0.1, 0.15) is 23.3 Å². The number of hydrogen-bond acceptors (Lipinski definition) is 8. The lowest BCUT2D eigenvalue weighted by Crippen LogP contribution is -2.44. The highest BCUT2D eigenvalue weighted by Crippen LogP contribution is 2.33. The van der Waals surface area contributed by atoms with E-state index in [-0.39, 0.29) is 52.9 Å². The van der Waals surface area contributed by atoms with Gasteiger partial charge in [-0.3, -0.25) is 14.1 Å². The number of piperidine rings is 1. The maximum absolute atomic E-state index is 15.5. The average Bonchev–Trinajstić information content (AvgIpc) is 2.97. The van der Waals surface area contributed by atoms with E-state index in [1.165, 1.54) is 36.1 Å². The van der Waals surface area contributed by atoms with E-state index < -0.39 is 62.3 Å². The van der Waals surface area contributed by atoms with E-state index >= 15 is 13.2 Å². The molecule has 1 saturated heterocycles. The van der Waals surface area contributed by atoms with Crippen molar-refractivity contribution in [3.63, 3.8) is 0 Å². The van der Waals surface area contributed by atoms with E-state index in [1.54, 1.807) is 30.7 Å². The fourth-order valence-electron chi connectivity index (χ4n) is 5.15. The van der Waals surface area contributed by atoms with Crippen LogP contribution < -0.4 is 25.7 Å². The number of sulfonamides is 1. The molecule has 0 amide bonds. The zero-order valence-electron chi connectivity index (χ0n) is 24.0. The number of rotatable bonds is 9. The van der Waals surface area contributed by atoms with Crippen LogP contribution in [0.2, 0.25) is 0 Å². The second-order valence-electron chi connectivity index (χ2n) is 10.7. The number of hydrogen-bond donors (Lipinski definition) is 3. The Morgan fingerprint density at radius 2 is 1.86 bits per heavy atom. The Hall–Kier alpha value is -4.24. The van der Waals surface area contributed by atoms with Crippen LogP contribution in [-0.2, 0) is 15.8 Å². The standard InChI is InChI=1S/C29H30F4N6O4S/c1-15(2)39-27-17(11-35-29(37-27)36-19-9-18(30)12-34-13-19)8-21(28(39)40)20-10-22(31)26(25(33)24(20)32)38-44(41,42)14-16-6-4-5-7-23(16)43-3/h4-8,10-11,15,18-19,34,38H,9,12-14H2,1-3H3,(H,35,36,37)/t18-,19-/m0/s1. The topological polar surface area (TPSA) is 127 Å². The molecule has 0 aliphatic carbocycles. The van der Waals surface area contributed by atoms with Gasteiger partial charge in [0.15, 0.2) is 17.5 Å². The summed E-state index contributed by atoms with van der Waals surface area (Å²) in [6, 6.07) is 7.13. The summed E-state index contributed by atoms with van der Waals surface area (Å²) in [5, 5.41) is 6.28. The molecule has 0 unspecified atom stereocenters. The Bertz CT molecular complexity index is 1890. The van der Waals surface area contributed by atoms with Crippen molar-refractivity contribution >= 4 is 32.7 Å². The highest BCUT2D eigenvalue weighted by atomic mass is 32.2. The number of anilines is 2. The van der Waals surface area contributed by atoms with Crippen LogP contribution in [0.15, 0.2) is 47.4 Å². The van der Waals surface area contributed by atoms with E-state index in [2.05, 4.69) is 20.6 Å². The van der Waals surface area contributed by atoms with Crippen LogP contribution >= 0.6 is 0 Å². The first-order valence-corrected chi connectivity index (χ1v) is 15.4. The van der Waals surface area contributed by atoms with Crippen molar-refractivity contribution in [2.45, 2.75) is 44.3 Å². The highest BCUT2D eigenvalue weighted by molar-refractivity contribution is 7.91. The first-order valence-electron chi connectivity index (χ1n) is 13.7. The number of pyridine rings is 1. The third kappa shape index (κ3) is 6.33. The molecule has 2 atom stereocenters. The fourth-order valence-corrected chi connectivity index (χ4v) is 6.37. The molecule has 5 rings (SSSR count). The number of nitrogens with one attached hydrogen (secondary N) is 3. The smallest absolute Gasteiger partial charge is 0.260 e. The van der Waals surface area contributed by atoms with Crippen molar-refractivity contribution in [1.82, 2.24) is 19.9 Å². The molecule has 0 spiro atoms. The number of methoxy groups -OCH3 is 1. The van der Waals surface area contributed by atoms with Crippen molar-refractivity contribution in [3.05, 3.63) is 76.0 Å². The van der Waals surface area contributed by atoms with Crippen LogP contribution in [0.25, 0.3) is 22.2 Å². The van der Waals surface area contributed by atoms with Crippen molar-refractivity contribution in [2.75, 3.05) is 30.2 Å². The van der Waals surface area contributed by atoms with Gasteiger partial charge in [0, 0.05) is 54.3 Å². The molecule has 1 fully saturated rings. The van der Waals surface area contributed by atoms with Gasteiger partial charge >= 0.3 is 0 Å². The van der Waals surface area contributed by atoms with Crippen LogP contribution in [0.1, 0.15) is 31.9 Å². The zero-order valence-corrected chi connectivity index (χ0v) is 24.8. The lowest BCUT2D eigenvalue weighted by atomic mass is 10.0. The molecule has 234 valence electrons. The summed E-state index contributed by atoms with van der Waals surface area (Å²) in [7, 11) is -3.08. The molecule has 1 aliphatic rings. The quantitative estimate of drug-likeness (QED) is 0.181. The SMILES string of the molecule is COc1ccccc1CS(=O)(=O)Nc1c(F)cc(-c2cc3cnc(N[C@@H]4CNC[C@@H](F)C4)nc3n(C(C)C)c2=O)c(F)c1F. The molecule has 2 aromatic carbocycles. The van der Waals surface area contributed by atoms with Crippen molar-refractivity contribution in [2.24, 2.45) is 0 Å². The maximum Gasteiger partial charge on any atom is 0.260 e. The molecule has 0 saturated carbocycles. The molecule has 10 nitrogen and oxygen atoms in total. The predicted molar refractivity (Wildman–Crippen MR) is 159 cm³/mol. The Morgan fingerprint density at radius 3 is 2.57 bits per heavy atom. The molecule has 3 heterocycles. The van der Waals surface area contributed by atoms with Crippen LogP contribution in [0, 0.1) is 17.5 Å². The van der Waals surface area contributed by atoms with Gasteiger partial charge in [-0.25, -0.2) is 31.0 Å². The van der Waals surface area contributed by atoms with Gasteiger partial charge in [0.25, 0.3) is 5.56 Å². The lowest BCUT2D eigenvalue weighted by Gasteiger charge is -2.26. The van der Waals surface area contributed by atoms with Crippen molar-refractivity contribution < 1.29 is 30.7 Å². The number of benzene rings is 2. The third-order valence-electron chi connectivity index (χ3n) is 7.16. The third-order valence-corrected chi connectivity index (χ3v) is 8.37. The summed E-state index contributed by atoms with van der Waals surface area (Å²) in [6.45, 7) is 4.09. The van der Waals surface area contributed by atoms with E-state index in [0.29, 0.717) is 12.6 Å². The molecule has 0 bridgehead atoms. The second kappa shape index (κ2) is 12.4. The Morgan fingerprint density at radius 1 is 1.11 bits per heavy atom. The van der Waals surface area contributed by atoms with E-state index in [9.17, 15) is 17.6 Å². The Balaban J connectivity index is 1.52. The number of aromatic nitrogens is 3. The molecule has 4 aromatic rings. The predicted octanol–water partition coefficient (Wildman–Crippen LogP) is 4.52. The van der Waals surface area contributed by atoms with Gasteiger partial charge in [0.05, 0.1) is 18.4 Å². The largest absolute Gasteiger partial charge is 0.496 e. The minimum Gasteiger partial charge on any atom is -0.496 e. The van der Waals surface area contributed by atoms with Crippen LogP contribution in [0.5, 0.6) is 5.75 Å². The minimum absolute atomic E-state index is 0.146. The van der Waals surface area contributed by atoms with Crippen LogP contribution in [0.4, 0.5) is 29.2 Å². The molecular formula is C29H30F4N6O4S. The zero-order chi connectivity index (χ0) is 31.8. The number of alkyl halides is 1. The molecule has 1 aliphatic heterocycles. The molecule has 2 aromatic heterocycles. The van der Waals surface area contributed by atoms with Gasteiger partial charge in [-0.2, -0.15) is 4.98 Å². The minimum atomic E-state index is -4.42. The highest BCUT2D eigenvalue weighted by Gasteiger charge is 2.27. The van der Waals surface area contributed by atoms with E-state index in [1.807, 2.05) is 0 Å². The Labute approximate surface area is 250 Å². The number of halogens is 4. The van der Waals surface area contributed by atoms with E-state index in [4.69, 9.17) is 4.74 Å². The summed E-state index contributed by atoms with van der Waals surface area (Å²) < 4.78 is 93.6. The molecule has 3 N–H and O–H groups in total. The normalized spacial score (nSPS) is 17.2. The monoisotopic (exact) mass is 634 g/mol. The number of ether oxygens (including phenoxy) is 1. The number of nitrogens with zero attached hydrogens (tertiary/aromatic N) is 3. The first-order chi connectivity index (χ1) is 20.9. The molecule has 44 heavy (non-hydrogen) atoms. The Kier molecular flexibility index (Phi) is 8.79. The summed E-state index contributed by atoms with van der Waals surface area (Å²) >= 11 is 0. The van der Waals surface area contributed by atoms with Gasteiger partial charge in [-0.15, -0.1) is 0 Å². The van der Waals surface area contributed by atoms with Gasteiger partial charge in [-0.1, -0.05) is 18.2 Å². The van der Waals surface area contributed by atoms with Crippen LogP contribution in [-0.4, -0.2) is 55.4 Å². The number of fused-ring (bicyclic) bond motifs is 1. The van der Waals surface area contributed by atoms with Crippen molar-refractivity contribution in [3.8, 4) is 16.9 Å². The summed E-state index contributed by atoms with van der Waals surface area (Å²) in [5.41, 5.74) is -2.72. The van der Waals surface area contributed by atoms with E-state index in [0.717, 1.165) is 0 Å². The second-order valence-corrected chi connectivity index (χ2v) is 12.4. The number of para-hydroxylation sites is 1. The lowest BCUT2D eigenvalue weighted by molar-refractivity contribution is 0.254. The average molecular weight is 635 g/mol. The van der Waals surface area contributed by atoms with Gasteiger partial charge in [-0.05, 0) is 32.0 Å². The maximum atomic E-state index is 15.5. The summed E-state index contributed by atoms with van der Waals surface area (Å²) in [4.78, 5) is 22.3. The molecular weight excluding hydrogens is 604 g/mol. The molecule has 0 radical (unpaired) electrons. The summed E-state index contributed by atoms with van der Waals surface area (Å²) in [6.07, 6.45) is 0.566. The van der Waals surface area contributed by atoms with Gasteiger partial charge < -0.3 is 15.4 Å². The molecule has 15 heteroatoms. The van der Waals surface area contributed by atoms with Crippen molar-refractivity contribution in [1.29, 1.82) is 0 Å². The summed E-state index contributed by atoms with van der Waals surface area (Å²) in [5.74, 6) is -5.19.